The number of benzene rings is 2. The molecule has 5 rings (SSSR count). The average Bonchev–Trinajstić information content (AvgIpc) is 3.17. The Bertz CT molecular complexity index is 1500. The summed E-state index contributed by atoms with van der Waals surface area (Å²) in [6.45, 7) is 1.90. The zero-order valence-corrected chi connectivity index (χ0v) is 16.4. The van der Waals surface area contributed by atoms with Crippen LogP contribution >= 0.6 is 0 Å². The van der Waals surface area contributed by atoms with Crippen LogP contribution < -0.4 is 10.9 Å². The van der Waals surface area contributed by atoms with Crippen molar-refractivity contribution in [3.8, 4) is 17.2 Å². The highest BCUT2D eigenvalue weighted by Gasteiger charge is 2.23. The van der Waals surface area contributed by atoms with Crippen LogP contribution in [0.3, 0.4) is 0 Å². The minimum atomic E-state index is -0.639. The Morgan fingerprint density at radius 2 is 2.00 bits per heavy atom. The van der Waals surface area contributed by atoms with Gasteiger partial charge in [-0.05, 0) is 30.7 Å². The summed E-state index contributed by atoms with van der Waals surface area (Å²) in [6, 6.07) is 12.7. The molecule has 0 unspecified atom stereocenters. The van der Waals surface area contributed by atoms with Gasteiger partial charge < -0.3 is 10.3 Å². The molecule has 2 N–H and O–H groups in total. The molecule has 0 saturated heterocycles. The number of rotatable bonds is 5. The number of para-hydroxylation sites is 1. The van der Waals surface area contributed by atoms with E-state index in [0.29, 0.717) is 29.4 Å². The Morgan fingerprint density at radius 3 is 2.81 bits per heavy atom. The van der Waals surface area contributed by atoms with Gasteiger partial charge in [0.2, 0.25) is 0 Å². The minimum Gasteiger partial charge on any atom is -0.360 e. The van der Waals surface area contributed by atoms with Crippen LogP contribution in [0.25, 0.3) is 28.1 Å². The van der Waals surface area contributed by atoms with E-state index in [2.05, 4.69) is 30.2 Å². The normalized spacial score (nSPS) is 13.2. The topological polar surface area (TPSA) is 101 Å². The number of aromatic nitrogens is 6. The van der Waals surface area contributed by atoms with Crippen molar-refractivity contribution in [2.75, 3.05) is 5.32 Å². The Balaban J connectivity index is 1.73. The standard InChI is InChI=1S/C22H18FN7O/c1-2-15(28-20-18-19(25-11-24-18)26-12-27-20)21-29-16-10-6-9-14(23)17(16)22(31)30(21)13-7-4-3-5-8-13/h3-12,15H,2H2,1H3,(H2,24,25,26,27,28)/t15-/m0/s1/i11T,12T. The van der Waals surface area contributed by atoms with Crippen LogP contribution in [0.5, 0.6) is 0 Å². The number of imidazole rings is 1. The molecule has 0 aliphatic carbocycles. The van der Waals surface area contributed by atoms with E-state index in [-0.39, 0.29) is 29.3 Å². The fraction of sp³-hybridized carbons (Fsp3) is 0.136. The molecule has 3 heterocycles. The summed E-state index contributed by atoms with van der Waals surface area (Å²) in [7, 11) is 0. The third kappa shape index (κ3) is 3.20. The number of anilines is 1. The average molecular weight is 419 g/mol. The lowest BCUT2D eigenvalue weighted by Gasteiger charge is -2.23. The smallest absolute Gasteiger partial charge is 0.269 e. The maximum Gasteiger partial charge on any atom is 0.269 e. The Kier molecular flexibility index (Phi) is 4.08. The summed E-state index contributed by atoms with van der Waals surface area (Å²) in [5.74, 6) is 0.216. The summed E-state index contributed by atoms with van der Waals surface area (Å²) in [5.41, 5.74) is 0.567. The number of fused-ring (bicyclic) bond motifs is 2. The molecule has 2 aromatic carbocycles. The van der Waals surface area contributed by atoms with Gasteiger partial charge in [0.1, 0.15) is 37.6 Å². The van der Waals surface area contributed by atoms with Crippen LogP contribution in [0.1, 0.15) is 28.0 Å². The summed E-state index contributed by atoms with van der Waals surface area (Å²) >= 11 is 0. The van der Waals surface area contributed by atoms with Crippen LogP contribution in [0.4, 0.5) is 10.2 Å². The van der Waals surface area contributed by atoms with Crippen LogP contribution in [-0.4, -0.2) is 29.5 Å². The van der Waals surface area contributed by atoms with Gasteiger partial charge in [-0.15, -0.1) is 0 Å². The van der Waals surface area contributed by atoms with E-state index in [1.54, 1.807) is 30.3 Å². The molecule has 0 bridgehead atoms. The van der Waals surface area contributed by atoms with Crippen molar-refractivity contribution < 1.29 is 7.13 Å². The SMILES string of the molecule is [3H]c1nc2nc([3H])[nH]c(N[C@@H](CC)c3nc4cccc(F)c4c(=O)n3-c3ccccc3)c-2n1. The van der Waals surface area contributed by atoms with E-state index < -0.39 is 17.4 Å². The predicted octanol–water partition coefficient (Wildman–Crippen LogP) is 3.71. The van der Waals surface area contributed by atoms with Crippen LogP contribution in [0.2, 0.25) is 0 Å². The third-order valence-corrected chi connectivity index (χ3v) is 5.03. The van der Waals surface area contributed by atoms with Gasteiger partial charge in [0, 0.05) is 0 Å². The number of halogens is 1. The maximum absolute atomic E-state index is 14.6. The fourth-order valence-corrected chi connectivity index (χ4v) is 3.56. The van der Waals surface area contributed by atoms with Crippen LogP contribution in [0, 0.1) is 5.82 Å². The van der Waals surface area contributed by atoms with Crippen molar-refractivity contribution in [1.29, 1.82) is 0 Å². The van der Waals surface area contributed by atoms with Gasteiger partial charge >= 0.3 is 0 Å². The molecule has 154 valence electrons. The van der Waals surface area contributed by atoms with Crippen molar-refractivity contribution in [2.45, 2.75) is 19.4 Å². The highest BCUT2D eigenvalue weighted by atomic mass is 19.1. The monoisotopic (exact) mass is 419 g/mol. The van der Waals surface area contributed by atoms with Crippen LogP contribution in [-0.2, 0) is 0 Å². The highest BCUT2D eigenvalue weighted by molar-refractivity contribution is 5.79. The molecule has 2 aliphatic heterocycles. The number of H-pyrrole nitrogens is 1. The highest BCUT2D eigenvalue weighted by Crippen LogP contribution is 2.28. The second kappa shape index (κ2) is 7.60. The molecule has 0 spiro atoms. The first-order valence-corrected chi connectivity index (χ1v) is 9.70. The molecule has 9 heteroatoms. The first kappa shape index (κ1) is 16.6. The number of hydrogen-bond donors (Lipinski definition) is 2. The molecule has 0 fully saturated rings. The van der Waals surface area contributed by atoms with Gasteiger partial charge in [-0.2, -0.15) is 0 Å². The van der Waals surface area contributed by atoms with Gasteiger partial charge in [0.25, 0.3) is 5.56 Å². The second-order valence-electron chi connectivity index (χ2n) is 6.90. The number of nitrogens with zero attached hydrogens (tertiary/aromatic N) is 5. The molecular formula is C22H18FN7O. The lowest BCUT2D eigenvalue weighted by Crippen LogP contribution is -2.29. The molecule has 2 aliphatic rings. The van der Waals surface area contributed by atoms with Gasteiger partial charge in [-0.1, -0.05) is 31.2 Å². The second-order valence-corrected chi connectivity index (χ2v) is 6.90. The first-order valence-electron chi connectivity index (χ1n) is 10.7. The van der Waals surface area contributed by atoms with Gasteiger partial charge in [0.15, 0.2) is 5.82 Å². The van der Waals surface area contributed by atoms with Crippen molar-refractivity contribution in [1.82, 2.24) is 29.5 Å². The van der Waals surface area contributed by atoms with E-state index in [0.717, 1.165) is 0 Å². The molecule has 0 radical (unpaired) electrons. The number of hydrogen-bond acceptors (Lipinski definition) is 6. The third-order valence-electron chi connectivity index (χ3n) is 5.03. The molecule has 0 amide bonds. The largest absolute Gasteiger partial charge is 0.360 e. The quantitative estimate of drug-likeness (QED) is 0.450. The van der Waals surface area contributed by atoms with Gasteiger partial charge in [-0.3, -0.25) is 9.36 Å². The molecule has 0 saturated carbocycles. The van der Waals surface area contributed by atoms with E-state index in [4.69, 9.17) is 2.74 Å². The number of nitrogens with one attached hydrogen (secondary N) is 2. The maximum atomic E-state index is 14.6. The summed E-state index contributed by atoms with van der Waals surface area (Å²) in [6.07, 6.45) is 0.120. The van der Waals surface area contributed by atoms with Crippen molar-refractivity contribution in [3.05, 3.63) is 83.1 Å². The molecule has 31 heavy (non-hydrogen) atoms. The zero-order valence-electron chi connectivity index (χ0n) is 18.4. The molecule has 1 aromatic heterocycles. The molecule has 8 nitrogen and oxygen atoms in total. The Morgan fingerprint density at radius 1 is 1.16 bits per heavy atom. The van der Waals surface area contributed by atoms with Crippen molar-refractivity contribution in [3.63, 3.8) is 0 Å². The first-order chi connectivity index (χ1) is 16.0. The Labute approximate surface area is 179 Å². The van der Waals surface area contributed by atoms with Gasteiger partial charge in [-0.25, -0.2) is 24.3 Å². The van der Waals surface area contributed by atoms with Crippen molar-refractivity contribution in [2.24, 2.45) is 0 Å². The number of aromatic amines is 1. The summed E-state index contributed by atoms with van der Waals surface area (Å²) in [4.78, 5) is 32.9. The summed E-state index contributed by atoms with van der Waals surface area (Å²) < 4.78 is 31.6. The molecule has 1 atom stereocenters. The molecular weight excluding hydrogens is 397 g/mol. The van der Waals surface area contributed by atoms with E-state index >= 15 is 0 Å². The predicted molar refractivity (Wildman–Crippen MR) is 115 cm³/mol. The lowest BCUT2D eigenvalue weighted by atomic mass is 10.1. The van der Waals surface area contributed by atoms with Crippen molar-refractivity contribution >= 4 is 16.7 Å². The van der Waals surface area contributed by atoms with E-state index in [1.807, 2.05) is 13.0 Å². The molecule has 3 aromatic rings. The zero-order chi connectivity index (χ0) is 23.1. The fourth-order valence-electron chi connectivity index (χ4n) is 3.56. The minimum absolute atomic E-state index is 0.0907. The van der Waals surface area contributed by atoms with E-state index in [9.17, 15) is 9.18 Å². The Hall–Kier alpha value is -4.14. The van der Waals surface area contributed by atoms with Gasteiger partial charge in [0.05, 0.1) is 23.5 Å². The lowest BCUT2D eigenvalue weighted by molar-refractivity contribution is 0.630. The van der Waals surface area contributed by atoms with Crippen LogP contribution in [0.15, 0.2) is 65.9 Å². The summed E-state index contributed by atoms with van der Waals surface area (Å²) in [5, 5.41) is 3.15. The van der Waals surface area contributed by atoms with E-state index in [1.165, 1.54) is 16.7 Å².